The van der Waals surface area contributed by atoms with E-state index in [1.54, 1.807) is 25.3 Å². The van der Waals surface area contributed by atoms with Crippen molar-refractivity contribution in [2.45, 2.75) is 32.4 Å². The number of nitrogens with zero attached hydrogens (tertiary/aromatic N) is 3. The van der Waals surface area contributed by atoms with Crippen LogP contribution in [0.5, 0.6) is 5.88 Å². The average Bonchev–Trinajstić information content (AvgIpc) is 2.66. The minimum Gasteiger partial charge on any atom is -0.481 e. The Kier molecular flexibility index (Phi) is 7.31. The van der Waals surface area contributed by atoms with E-state index in [0.29, 0.717) is 32.1 Å². The van der Waals surface area contributed by atoms with E-state index in [4.69, 9.17) is 9.47 Å². The number of ether oxygens (including phenoxy) is 2. The molecular weight excluding hydrogens is 322 g/mol. The molecule has 1 aliphatic rings. The van der Waals surface area contributed by atoms with Crippen molar-refractivity contribution in [3.8, 4) is 5.88 Å². The Balaban J connectivity index is 1.78. The predicted octanol–water partition coefficient (Wildman–Crippen LogP) is 1.38. The van der Waals surface area contributed by atoms with Gasteiger partial charge in [-0.15, -0.1) is 0 Å². The van der Waals surface area contributed by atoms with Crippen molar-refractivity contribution >= 4 is 12.1 Å². The third-order valence-electron chi connectivity index (χ3n) is 4.05. The van der Waals surface area contributed by atoms with Gasteiger partial charge in [0.2, 0.25) is 5.88 Å². The number of piperidine rings is 1. The summed E-state index contributed by atoms with van der Waals surface area (Å²) in [5, 5.41) is 6.70. The molecule has 0 atom stereocenters. The van der Waals surface area contributed by atoms with Crippen molar-refractivity contribution in [3.05, 3.63) is 23.9 Å². The lowest BCUT2D eigenvalue weighted by Gasteiger charge is -2.32. The van der Waals surface area contributed by atoms with Gasteiger partial charge < -0.3 is 25.0 Å². The highest BCUT2D eigenvalue weighted by Gasteiger charge is 2.23. The number of nitrogens with one attached hydrogen (secondary N) is 2. The van der Waals surface area contributed by atoms with Gasteiger partial charge >= 0.3 is 6.09 Å². The van der Waals surface area contributed by atoms with E-state index in [2.05, 4.69) is 20.6 Å². The molecule has 2 heterocycles. The van der Waals surface area contributed by atoms with Crippen molar-refractivity contribution in [1.29, 1.82) is 0 Å². The molecule has 1 aromatic heterocycles. The number of pyridine rings is 1. The average molecular weight is 349 g/mol. The standard InChI is InChI=1S/C17H27N5O3/c1-4-25-17(23)22-9-6-14(7-10-22)21-16(18-2)20-12-13-5-8-19-15(11-13)24-3/h5,8,11,14H,4,6-7,9-10,12H2,1-3H3,(H2,18,20,21). The fourth-order valence-corrected chi connectivity index (χ4v) is 2.67. The number of hydrogen-bond acceptors (Lipinski definition) is 5. The van der Waals surface area contributed by atoms with Gasteiger partial charge in [0.1, 0.15) is 0 Å². The van der Waals surface area contributed by atoms with Crippen LogP contribution in [0.25, 0.3) is 0 Å². The molecule has 138 valence electrons. The van der Waals surface area contributed by atoms with E-state index in [1.807, 2.05) is 19.1 Å². The highest BCUT2D eigenvalue weighted by atomic mass is 16.6. The maximum atomic E-state index is 11.7. The van der Waals surface area contributed by atoms with Crippen LogP contribution in [0.1, 0.15) is 25.3 Å². The fraction of sp³-hybridized carbons (Fsp3) is 0.588. The van der Waals surface area contributed by atoms with Crippen LogP contribution in [0.4, 0.5) is 4.79 Å². The minimum absolute atomic E-state index is 0.227. The Morgan fingerprint density at radius 1 is 1.44 bits per heavy atom. The van der Waals surface area contributed by atoms with Gasteiger partial charge in [-0.25, -0.2) is 9.78 Å². The maximum Gasteiger partial charge on any atom is 0.409 e. The number of methoxy groups -OCH3 is 1. The number of amides is 1. The summed E-state index contributed by atoms with van der Waals surface area (Å²) < 4.78 is 10.2. The maximum absolute atomic E-state index is 11.7. The van der Waals surface area contributed by atoms with Crippen LogP contribution in [0.15, 0.2) is 23.3 Å². The number of likely N-dealkylation sites (tertiary alicyclic amines) is 1. The molecule has 0 aliphatic carbocycles. The number of aliphatic imine (C=N–C) groups is 1. The lowest BCUT2D eigenvalue weighted by molar-refractivity contribution is 0.0963. The van der Waals surface area contributed by atoms with Crippen LogP contribution in [0, 0.1) is 0 Å². The van der Waals surface area contributed by atoms with Crippen LogP contribution in [-0.2, 0) is 11.3 Å². The van der Waals surface area contributed by atoms with Gasteiger partial charge in [0.05, 0.1) is 13.7 Å². The Bertz CT molecular complexity index is 585. The first-order chi connectivity index (χ1) is 12.2. The monoisotopic (exact) mass is 349 g/mol. The Hall–Kier alpha value is -2.51. The summed E-state index contributed by atoms with van der Waals surface area (Å²) in [6.45, 7) is 4.23. The zero-order valence-corrected chi connectivity index (χ0v) is 15.1. The summed E-state index contributed by atoms with van der Waals surface area (Å²) in [7, 11) is 3.35. The molecule has 1 amide bonds. The van der Waals surface area contributed by atoms with Crippen molar-refractivity contribution in [2.24, 2.45) is 4.99 Å². The second-order valence-corrected chi connectivity index (χ2v) is 5.74. The Labute approximate surface area is 148 Å². The van der Waals surface area contributed by atoms with Crippen LogP contribution in [0.3, 0.4) is 0 Å². The molecule has 2 N–H and O–H groups in total. The first kappa shape index (κ1) is 18.8. The lowest BCUT2D eigenvalue weighted by atomic mass is 10.1. The quantitative estimate of drug-likeness (QED) is 0.617. The summed E-state index contributed by atoms with van der Waals surface area (Å²) in [5.74, 6) is 1.33. The SMILES string of the molecule is CCOC(=O)N1CCC(NC(=NC)NCc2ccnc(OC)c2)CC1. The van der Waals surface area contributed by atoms with E-state index in [9.17, 15) is 4.79 Å². The van der Waals surface area contributed by atoms with Crippen molar-refractivity contribution in [2.75, 3.05) is 33.9 Å². The van der Waals surface area contributed by atoms with E-state index in [0.717, 1.165) is 24.4 Å². The number of aromatic nitrogens is 1. The molecule has 1 aliphatic heterocycles. The summed E-state index contributed by atoms with van der Waals surface area (Å²) in [4.78, 5) is 21.8. The highest BCUT2D eigenvalue weighted by Crippen LogP contribution is 2.12. The molecule has 1 saturated heterocycles. The van der Waals surface area contributed by atoms with Gasteiger partial charge in [-0.05, 0) is 31.4 Å². The van der Waals surface area contributed by atoms with Gasteiger partial charge in [0.15, 0.2) is 5.96 Å². The highest BCUT2D eigenvalue weighted by molar-refractivity contribution is 5.80. The third-order valence-corrected chi connectivity index (χ3v) is 4.05. The van der Waals surface area contributed by atoms with E-state index in [1.165, 1.54) is 0 Å². The van der Waals surface area contributed by atoms with E-state index >= 15 is 0 Å². The van der Waals surface area contributed by atoms with Gasteiger partial charge in [0, 0.05) is 45.0 Å². The Morgan fingerprint density at radius 3 is 2.84 bits per heavy atom. The smallest absolute Gasteiger partial charge is 0.409 e. The van der Waals surface area contributed by atoms with Gasteiger partial charge in [-0.2, -0.15) is 0 Å². The molecule has 0 aromatic carbocycles. The summed E-state index contributed by atoms with van der Waals surface area (Å²) in [6.07, 6.45) is 3.22. The third kappa shape index (κ3) is 5.81. The first-order valence-electron chi connectivity index (χ1n) is 8.54. The predicted molar refractivity (Wildman–Crippen MR) is 95.7 cm³/mol. The molecule has 0 saturated carbocycles. The molecule has 8 nitrogen and oxygen atoms in total. The van der Waals surface area contributed by atoms with E-state index < -0.39 is 0 Å². The number of hydrogen-bond donors (Lipinski definition) is 2. The second kappa shape index (κ2) is 9.71. The zero-order chi connectivity index (χ0) is 18.1. The lowest BCUT2D eigenvalue weighted by Crippen LogP contribution is -2.49. The number of guanidine groups is 1. The molecular formula is C17H27N5O3. The van der Waals surface area contributed by atoms with Gasteiger partial charge in [0.25, 0.3) is 0 Å². The van der Waals surface area contributed by atoms with Gasteiger partial charge in [-0.3, -0.25) is 4.99 Å². The van der Waals surface area contributed by atoms with Crippen LogP contribution in [0.2, 0.25) is 0 Å². The topological polar surface area (TPSA) is 88.1 Å². The van der Waals surface area contributed by atoms with Crippen molar-refractivity contribution in [3.63, 3.8) is 0 Å². The normalized spacial score (nSPS) is 15.6. The van der Waals surface area contributed by atoms with Crippen molar-refractivity contribution < 1.29 is 14.3 Å². The van der Waals surface area contributed by atoms with Crippen LogP contribution >= 0.6 is 0 Å². The van der Waals surface area contributed by atoms with E-state index in [-0.39, 0.29) is 12.1 Å². The molecule has 0 bridgehead atoms. The molecule has 1 aromatic rings. The summed E-state index contributed by atoms with van der Waals surface area (Å²) in [6, 6.07) is 4.10. The minimum atomic E-state index is -0.227. The molecule has 0 radical (unpaired) electrons. The Morgan fingerprint density at radius 2 is 2.20 bits per heavy atom. The van der Waals surface area contributed by atoms with Crippen LogP contribution < -0.4 is 15.4 Å². The molecule has 1 fully saturated rings. The number of carbonyl (C=O) groups excluding carboxylic acids is 1. The summed E-state index contributed by atoms with van der Waals surface area (Å²) >= 11 is 0. The largest absolute Gasteiger partial charge is 0.481 e. The molecule has 0 unspecified atom stereocenters. The number of rotatable bonds is 5. The molecule has 0 spiro atoms. The first-order valence-corrected chi connectivity index (χ1v) is 8.54. The van der Waals surface area contributed by atoms with Crippen molar-refractivity contribution in [1.82, 2.24) is 20.5 Å². The molecule has 8 heteroatoms. The molecule has 2 rings (SSSR count). The fourth-order valence-electron chi connectivity index (χ4n) is 2.67. The van der Waals surface area contributed by atoms with Gasteiger partial charge in [-0.1, -0.05) is 0 Å². The second-order valence-electron chi connectivity index (χ2n) is 5.74. The zero-order valence-electron chi connectivity index (χ0n) is 15.1. The summed E-state index contributed by atoms with van der Waals surface area (Å²) in [5.41, 5.74) is 1.06. The number of carbonyl (C=O) groups is 1. The van der Waals surface area contributed by atoms with Crippen LogP contribution in [-0.4, -0.2) is 61.8 Å². The molecule has 25 heavy (non-hydrogen) atoms.